The van der Waals surface area contributed by atoms with Gasteiger partial charge in [0.1, 0.15) is 6.04 Å². The number of benzene rings is 2. The molecule has 3 aromatic rings. The van der Waals surface area contributed by atoms with Crippen LogP contribution in [0.25, 0.3) is 11.5 Å². The van der Waals surface area contributed by atoms with Crippen molar-refractivity contribution < 1.29 is 14.1 Å². The van der Waals surface area contributed by atoms with E-state index in [0.29, 0.717) is 17.7 Å². The zero-order valence-corrected chi connectivity index (χ0v) is 18.0. The smallest absolute Gasteiger partial charge is 0.277 e. The van der Waals surface area contributed by atoms with Crippen LogP contribution in [0.15, 0.2) is 58.2 Å². The molecule has 0 radical (unpaired) electrons. The fraction of sp³-hybridized carbons (Fsp3) is 0.318. The first-order valence-electron chi connectivity index (χ1n) is 9.59. The molecule has 0 unspecified atom stereocenters. The number of hydrogen-bond donors (Lipinski definition) is 2. The number of nitrogens with one attached hydrogen (secondary N) is 2. The van der Waals surface area contributed by atoms with Crippen LogP contribution in [0, 0.1) is 13.8 Å². The minimum absolute atomic E-state index is 0.0527. The van der Waals surface area contributed by atoms with Crippen molar-refractivity contribution in [2.45, 2.75) is 25.1 Å². The van der Waals surface area contributed by atoms with Crippen molar-refractivity contribution in [3.05, 3.63) is 65.2 Å². The molecule has 6 nitrogen and oxygen atoms in total. The molecule has 2 aromatic carbocycles. The third kappa shape index (κ3) is 5.68. The summed E-state index contributed by atoms with van der Waals surface area (Å²) in [6, 6.07) is 16.4. The van der Waals surface area contributed by atoms with Crippen molar-refractivity contribution in [2.24, 2.45) is 0 Å². The van der Waals surface area contributed by atoms with Gasteiger partial charge in [-0.05, 0) is 37.1 Å². The Bertz CT molecular complexity index is 956. The van der Waals surface area contributed by atoms with E-state index in [1.165, 1.54) is 33.4 Å². The molecule has 0 fully saturated rings. The molecule has 3 rings (SSSR count). The molecule has 152 valence electrons. The van der Waals surface area contributed by atoms with Crippen molar-refractivity contribution in [3.63, 3.8) is 0 Å². The second-order valence-corrected chi connectivity index (χ2v) is 8.23. The molecule has 1 heterocycles. The number of rotatable bonds is 8. The molecule has 1 amide bonds. The van der Waals surface area contributed by atoms with Gasteiger partial charge in [-0.3, -0.25) is 4.79 Å². The summed E-state index contributed by atoms with van der Waals surface area (Å²) < 4.78 is 5.70. The van der Waals surface area contributed by atoms with Gasteiger partial charge in [-0.1, -0.05) is 48.2 Å². The number of quaternary nitrogens is 1. The van der Waals surface area contributed by atoms with Gasteiger partial charge in [-0.15, -0.1) is 10.2 Å². The maximum Gasteiger partial charge on any atom is 0.277 e. The molecule has 0 aliphatic rings. The fourth-order valence-electron chi connectivity index (χ4n) is 2.99. The van der Waals surface area contributed by atoms with Gasteiger partial charge in [0.05, 0.1) is 26.4 Å². The van der Waals surface area contributed by atoms with Crippen molar-refractivity contribution in [3.8, 4) is 11.5 Å². The van der Waals surface area contributed by atoms with E-state index < -0.39 is 0 Å². The van der Waals surface area contributed by atoms with Crippen LogP contribution in [-0.4, -0.2) is 42.5 Å². The van der Waals surface area contributed by atoms with E-state index in [4.69, 9.17) is 4.42 Å². The van der Waals surface area contributed by atoms with Gasteiger partial charge < -0.3 is 14.6 Å². The molecular formula is C22H27N4O2S+. The van der Waals surface area contributed by atoms with Crippen LogP contribution >= 0.6 is 11.8 Å². The lowest BCUT2D eigenvalue weighted by Crippen LogP contribution is -3.07. The Hall–Kier alpha value is -2.64. The van der Waals surface area contributed by atoms with Gasteiger partial charge in [0.15, 0.2) is 0 Å². The highest BCUT2D eigenvalue weighted by atomic mass is 32.2. The number of amides is 1. The Labute approximate surface area is 175 Å². The number of likely N-dealkylation sites (N-methyl/N-ethyl adjacent to an activating group) is 1. The predicted octanol–water partition coefficient (Wildman–Crippen LogP) is 2.45. The maximum atomic E-state index is 12.3. The molecule has 0 saturated carbocycles. The van der Waals surface area contributed by atoms with E-state index in [0.717, 1.165) is 5.56 Å². The average molecular weight is 412 g/mol. The lowest BCUT2D eigenvalue weighted by atomic mass is 10.1. The summed E-state index contributed by atoms with van der Waals surface area (Å²) in [5, 5.41) is 11.6. The van der Waals surface area contributed by atoms with Crippen molar-refractivity contribution in [1.29, 1.82) is 0 Å². The van der Waals surface area contributed by atoms with Gasteiger partial charge in [-0.25, -0.2) is 0 Å². The molecule has 0 aliphatic carbocycles. The molecule has 1 atom stereocenters. The van der Waals surface area contributed by atoms with Crippen LogP contribution in [0.2, 0.25) is 0 Å². The Morgan fingerprint density at radius 2 is 1.86 bits per heavy atom. The van der Waals surface area contributed by atoms with Crippen LogP contribution in [0.1, 0.15) is 22.7 Å². The van der Waals surface area contributed by atoms with Crippen LogP contribution in [0.4, 0.5) is 0 Å². The largest absolute Gasteiger partial charge is 0.411 e. The second-order valence-electron chi connectivity index (χ2n) is 7.31. The number of aromatic nitrogens is 2. The molecule has 0 saturated heterocycles. The zero-order chi connectivity index (χ0) is 20.8. The van der Waals surface area contributed by atoms with Crippen LogP contribution < -0.4 is 10.2 Å². The van der Waals surface area contributed by atoms with E-state index in [1.807, 2.05) is 43.3 Å². The summed E-state index contributed by atoms with van der Waals surface area (Å²) in [4.78, 5) is 13.6. The SMILES string of the molecule is Cc1ccc(-c2nnc(SCC(=O)NC[C@@H](c3ccccc3)[NH+](C)C)o2)cc1C. The molecule has 0 spiro atoms. The van der Waals surface area contributed by atoms with Crippen LogP contribution in [0.3, 0.4) is 0 Å². The van der Waals surface area contributed by atoms with Crippen molar-refractivity contribution in [1.82, 2.24) is 15.5 Å². The van der Waals surface area contributed by atoms with E-state index in [-0.39, 0.29) is 17.7 Å². The third-order valence-corrected chi connectivity index (χ3v) is 5.71. The molecular weight excluding hydrogens is 384 g/mol. The van der Waals surface area contributed by atoms with Crippen molar-refractivity contribution >= 4 is 17.7 Å². The Morgan fingerprint density at radius 3 is 2.55 bits per heavy atom. The first-order chi connectivity index (χ1) is 13.9. The van der Waals surface area contributed by atoms with Crippen LogP contribution in [-0.2, 0) is 4.79 Å². The Morgan fingerprint density at radius 1 is 1.10 bits per heavy atom. The van der Waals surface area contributed by atoms with Gasteiger partial charge in [0, 0.05) is 11.1 Å². The molecule has 7 heteroatoms. The maximum absolute atomic E-state index is 12.3. The predicted molar refractivity (Wildman–Crippen MR) is 115 cm³/mol. The summed E-state index contributed by atoms with van der Waals surface area (Å²) >= 11 is 1.25. The average Bonchev–Trinajstić information content (AvgIpc) is 3.18. The number of carbonyl (C=O) groups is 1. The number of thioether (sulfide) groups is 1. The number of hydrogen-bond acceptors (Lipinski definition) is 5. The summed E-state index contributed by atoms with van der Waals surface area (Å²) in [6.07, 6.45) is 0. The van der Waals surface area contributed by atoms with E-state index >= 15 is 0 Å². The van der Waals surface area contributed by atoms with E-state index in [9.17, 15) is 4.79 Å². The molecule has 0 aliphatic heterocycles. The Kier molecular flexibility index (Phi) is 7.06. The van der Waals surface area contributed by atoms with Crippen LogP contribution in [0.5, 0.6) is 0 Å². The lowest BCUT2D eigenvalue weighted by molar-refractivity contribution is -0.890. The second kappa shape index (κ2) is 9.71. The normalized spacial score (nSPS) is 12.2. The van der Waals surface area contributed by atoms with E-state index in [2.05, 4.69) is 48.7 Å². The Balaban J connectivity index is 1.53. The van der Waals surface area contributed by atoms with E-state index in [1.54, 1.807) is 0 Å². The molecule has 0 bridgehead atoms. The topological polar surface area (TPSA) is 72.5 Å². The van der Waals surface area contributed by atoms with Gasteiger partial charge in [-0.2, -0.15) is 0 Å². The minimum Gasteiger partial charge on any atom is -0.411 e. The summed E-state index contributed by atoms with van der Waals surface area (Å²) in [6.45, 7) is 4.68. The van der Waals surface area contributed by atoms with Gasteiger partial charge in [0.2, 0.25) is 11.8 Å². The summed E-state index contributed by atoms with van der Waals surface area (Å²) in [5.41, 5.74) is 4.48. The highest BCUT2D eigenvalue weighted by Crippen LogP contribution is 2.24. The monoisotopic (exact) mass is 411 g/mol. The molecule has 2 N–H and O–H groups in total. The first-order valence-corrected chi connectivity index (χ1v) is 10.6. The quantitative estimate of drug-likeness (QED) is 0.557. The lowest BCUT2D eigenvalue weighted by Gasteiger charge is -2.22. The zero-order valence-electron chi connectivity index (χ0n) is 17.2. The fourth-order valence-corrected chi connectivity index (χ4v) is 3.59. The highest BCUT2D eigenvalue weighted by Gasteiger charge is 2.19. The third-order valence-electron chi connectivity index (χ3n) is 4.89. The number of carbonyl (C=O) groups excluding carboxylic acids is 1. The van der Waals surface area contributed by atoms with Gasteiger partial charge in [0.25, 0.3) is 5.22 Å². The standard InChI is InChI=1S/C22H26N4O2S/c1-15-10-11-18(12-16(15)2)21-24-25-22(28-21)29-14-20(27)23-13-19(26(3)4)17-8-6-5-7-9-17/h5-12,19H,13-14H2,1-4H3,(H,23,27)/p+1/t19-/m0/s1. The number of nitrogens with zero attached hydrogens (tertiary/aromatic N) is 2. The molecule has 29 heavy (non-hydrogen) atoms. The highest BCUT2D eigenvalue weighted by molar-refractivity contribution is 7.99. The van der Waals surface area contributed by atoms with Crippen molar-refractivity contribution in [2.75, 3.05) is 26.4 Å². The first kappa shape index (κ1) is 21.1. The van der Waals surface area contributed by atoms with Gasteiger partial charge >= 0.3 is 0 Å². The minimum atomic E-state index is -0.0527. The molecule has 1 aromatic heterocycles. The summed E-state index contributed by atoms with van der Waals surface area (Å²) in [7, 11) is 4.18. The number of aryl methyl sites for hydroxylation is 2. The summed E-state index contributed by atoms with van der Waals surface area (Å²) in [5.74, 6) is 0.651.